The number of ether oxygens (including phenoxy) is 1. The van der Waals surface area contributed by atoms with Crippen molar-refractivity contribution in [1.82, 2.24) is 15.1 Å². The van der Waals surface area contributed by atoms with E-state index in [-0.39, 0.29) is 31.0 Å². The highest BCUT2D eigenvalue weighted by molar-refractivity contribution is 6.04. The third-order valence-electron chi connectivity index (χ3n) is 7.68. The predicted molar refractivity (Wildman–Crippen MR) is 168 cm³/mol. The molecule has 0 atom stereocenters. The number of hydrogen-bond acceptors (Lipinski definition) is 6. The number of Topliss-reactive ketones (excluding diaryl/α,β-unsaturated/α-hetero) is 2. The fourth-order valence-corrected chi connectivity index (χ4v) is 5.31. The van der Waals surface area contributed by atoms with E-state index in [0.29, 0.717) is 45.5 Å². The van der Waals surface area contributed by atoms with Crippen LogP contribution in [0, 0.1) is 11.6 Å². The van der Waals surface area contributed by atoms with E-state index < -0.39 is 11.6 Å². The number of nitrogens with zero attached hydrogens (tertiary/aromatic N) is 3. The molecule has 0 amide bonds. The molecular formula is C35H36F2N4O3. The number of rotatable bonds is 14. The number of hydrogen-bond donors (Lipinski definition) is 1. The first kappa shape index (κ1) is 30.8. The van der Waals surface area contributed by atoms with Crippen LogP contribution in [0.4, 0.5) is 14.5 Å². The number of allylic oxidation sites excluding steroid dienone is 4. The first-order valence-corrected chi connectivity index (χ1v) is 14.6. The monoisotopic (exact) mass is 598 g/mol. The molecule has 228 valence electrons. The summed E-state index contributed by atoms with van der Waals surface area (Å²) in [6.45, 7) is 1.78. The van der Waals surface area contributed by atoms with E-state index in [9.17, 15) is 18.4 Å². The number of anilines is 1. The quantitative estimate of drug-likeness (QED) is 0.173. The van der Waals surface area contributed by atoms with Crippen molar-refractivity contribution in [2.75, 3.05) is 39.1 Å². The minimum absolute atomic E-state index is 0.00317. The van der Waals surface area contributed by atoms with E-state index in [0.717, 1.165) is 36.8 Å². The maximum Gasteiger partial charge on any atom is 0.169 e. The summed E-state index contributed by atoms with van der Waals surface area (Å²) in [5.74, 6) is -1.000. The van der Waals surface area contributed by atoms with Crippen LogP contribution in [0.1, 0.15) is 40.0 Å². The van der Waals surface area contributed by atoms with Gasteiger partial charge < -0.3 is 14.5 Å². The molecule has 7 nitrogen and oxygen atoms in total. The molecule has 0 saturated heterocycles. The van der Waals surface area contributed by atoms with Crippen LogP contribution in [0.25, 0.3) is 10.9 Å². The van der Waals surface area contributed by atoms with Crippen molar-refractivity contribution in [2.24, 2.45) is 0 Å². The molecule has 9 heteroatoms. The number of aromatic amines is 1. The summed E-state index contributed by atoms with van der Waals surface area (Å²) in [4.78, 5) is 31.2. The molecule has 5 rings (SSSR count). The van der Waals surface area contributed by atoms with Crippen molar-refractivity contribution in [3.63, 3.8) is 0 Å². The van der Waals surface area contributed by atoms with E-state index in [1.807, 2.05) is 57.6 Å². The number of nitrogens with one attached hydrogen (secondary N) is 1. The van der Waals surface area contributed by atoms with Crippen molar-refractivity contribution >= 4 is 28.2 Å². The molecule has 0 bridgehead atoms. The number of H-pyrrole nitrogens is 1. The van der Waals surface area contributed by atoms with Crippen molar-refractivity contribution < 1.29 is 23.1 Å². The lowest BCUT2D eigenvalue weighted by Gasteiger charge is -2.22. The fraction of sp³-hybridized carbons (Fsp3) is 0.286. The van der Waals surface area contributed by atoms with Gasteiger partial charge in [-0.3, -0.25) is 14.7 Å². The van der Waals surface area contributed by atoms with Gasteiger partial charge in [0.25, 0.3) is 0 Å². The number of fused-ring (bicyclic) bond motifs is 1. The molecular weight excluding hydrogens is 562 g/mol. The van der Waals surface area contributed by atoms with Gasteiger partial charge in [-0.1, -0.05) is 18.2 Å². The average molecular weight is 599 g/mol. The maximum absolute atomic E-state index is 13.8. The lowest BCUT2D eigenvalue weighted by Crippen LogP contribution is -2.23. The Morgan fingerprint density at radius 2 is 1.73 bits per heavy atom. The minimum atomic E-state index is -0.670. The smallest absolute Gasteiger partial charge is 0.169 e. The molecule has 0 saturated carbocycles. The number of ketones is 2. The normalized spacial score (nSPS) is 12.6. The fourth-order valence-electron chi connectivity index (χ4n) is 5.31. The zero-order valence-corrected chi connectivity index (χ0v) is 25.2. The van der Waals surface area contributed by atoms with Crippen LogP contribution in [-0.4, -0.2) is 60.9 Å². The highest BCUT2D eigenvalue weighted by Crippen LogP contribution is 2.27. The van der Waals surface area contributed by atoms with Gasteiger partial charge in [0.1, 0.15) is 24.0 Å². The summed E-state index contributed by atoms with van der Waals surface area (Å²) in [5.41, 5.74) is 4.51. The Bertz CT molecular complexity index is 1720. The van der Waals surface area contributed by atoms with E-state index >= 15 is 0 Å². The number of benzene rings is 3. The third kappa shape index (κ3) is 7.65. The van der Waals surface area contributed by atoms with Gasteiger partial charge in [0.15, 0.2) is 11.6 Å². The van der Waals surface area contributed by atoms with E-state index in [1.54, 1.807) is 18.2 Å². The Balaban J connectivity index is 1.36. The third-order valence-corrected chi connectivity index (χ3v) is 7.68. The lowest BCUT2D eigenvalue weighted by molar-refractivity contribution is -0.115. The zero-order valence-electron chi connectivity index (χ0n) is 25.2. The number of carbonyl (C=O) groups excluding carboxylic acids is 2. The van der Waals surface area contributed by atoms with Crippen LogP contribution in [0.3, 0.4) is 0 Å². The Morgan fingerprint density at radius 3 is 2.45 bits per heavy atom. The lowest BCUT2D eigenvalue weighted by atomic mass is 9.93. The second-order valence-corrected chi connectivity index (χ2v) is 11.4. The Kier molecular flexibility index (Phi) is 9.65. The summed E-state index contributed by atoms with van der Waals surface area (Å²) in [5, 5.41) is 8.02. The van der Waals surface area contributed by atoms with Gasteiger partial charge in [-0.2, -0.15) is 5.10 Å². The molecule has 3 aromatic carbocycles. The Morgan fingerprint density at radius 1 is 0.932 bits per heavy atom. The van der Waals surface area contributed by atoms with Crippen LogP contribution in [0.2, 0.25) is 0 Å². The Hall–Kier alpha value is -4.63. The second kappa shape index (κ2) is 13.8. The first-order chi connectivity index (χ1) is 21.2. The number of halogens is 2. The first-order valence-electron chi connectivity index (χ1n) is 14.6. The molecule has 1 N–H and O–H groups in total. The van der Waals surface area contributed by atoms with Gasteiger partial charge in [-0.15, -0.1) is 0 Å². The topological polar surface area (TPSA) is 78.5 Å². The van der Waals surface area contributed by atoms with Gasteiger partial charge in [-0.05, 0) is 98.7 Å². The van der Waals surface area contributed by atoms with Crippen LogP contribution >= 0.6 is 0 Å². The summed E-state index contributed by atoms with van der Waals surface area (Å²) in [7, 11) is 6.11. The van der Waals surface area contributed by atoms with Gasteiger partial charge in [-0.25, -0.2) is 8.78 Å². The molecule has 1 aromatic heterocycles. The average Bonchev–Trinajstić information content (AvgIpc) is 3.66. The van der Waals surface area contributed by atoms with Gasteiger partial charge >= 0.3 is 0 Å². The summed E-state index contributed by atoms with van der Waals surface area (Å²) >= 11 is 0. The van der Waals surface area contributed by atoms with E-state index in [4.69, 9.17) is 4.74 Å². The van der Waals surface area contributed by atoms with E-state index in [2.05, 4.69) is 20.0 Å². The van der Waals surface area contributed by atoms with Crippen molar-refractivity contribution in [2.45, 2.75) is 32.3 Å². The Labute approximate surface area is 255 Å². The van der Waals surface area contributed by atoms with Crippen LogP contribution < -0.4 is 9.64 Å². The molecule has 0 aliphatic heterocycles. The van der Waals surface area contributed by atoms with Crippen molar-refractivity contribution in [3.05, 3.63) is 112 Å². The van der Waals surface area contributed by atoms with Crippen LogP contribution in [-0.2, 0) is 24.2 Å². The van der Waals surface area contributed by atoms with E-state index in [1.165, 1.54) is 12.1 Å². The van der Waals surface area contributed by atoms with Gasteiger partial charge in [0, 0.05) is 42.7 Å². The summed E-state index contributed by atoms with van der Waals surface area (Å²) < 4.78 is 33.0. The number of aromatic nitrogens is 2. The minimum Gasteiger partial charge on any atom is -0.489 e. The van der Waals surface area contributed by atoms with Gasteiger partial charge in [0.05, 0.1) is 17.6 Å². The van der Waals surface area contributed by atoms with Gasteiger partial charge in [0.2, 0.25) is 0 Å². The molecule has 0 unspecified atom stereocenters. The summed E-state index contributed by atoms with van der Waals surface area (Å²) in [6, 6.07) is 14.2. The molecule has 1 aliphatic carbocycles. The van der Waals surface area contributed by atoms with Crippen LogP contribution in [0.5, 0.6) is 5.75 Å². The largest absolute Gasteiger partial charge is 0.489 e. The molecule has 0 fully saturated rings. The van der Waals surface area contributed by atoms with Crippen molar-refractivity contribution in [1.29, 1.82) is 0 Å². The molecule has 44 heavy (non-hydrogen) atoms. The van der Waals surface area contributed by atoms with Crippen molar-refractivity contribution in [3.8, 4) is 5.75 Å². The standard InChI is InChI=1S/C35H36F2N4O3/c1-40(2)13-6-14-41(3)28-9-11-30(25(17-28)18-34(42)24-7-4-5-8-24)35(43)21-33-31-20-29(10-12-32(31)38-39-33)44-22-23-15-26(36)19-27(37)16-23/h4-5,7,9-12,15-17,19-20H,6,8,13-14,18,21-22H2,1-3H3,(H,38,39). The van der Waals surface area contributed by atoms with Crippen LogP contribution in [0.15, 0.2) is 78.4 Å². The SMILES string of the molecule is CN(C)CCCN(C)c1ccc(C(=O)Cc2[nH]nc3ccc(OCc4cc(F)cc(F)c4)cc23)c(CC(=O)C2=CC=CC2)c1. The molecule has 1 heterocycles. The maximum atomic E-state index is 13.8. The highest BCUT2D eigenvalue weighted by Gasteiger charge is 2.20. The molecule has 4 aromatic rings. The summed E-state index contributed by atoms with van der Waals surface area (Å²) in [6.07, 6.45) is 7.43. The molecule has 0 spiro atoms. The molecule has 1 aliphatic rings. The predicted octanol–water partition coefficient (Wildman–Crippen LogP) is 6.23. The molecule has 0 radical (unpaired) electrons. The number of carbonyl (C=O) groups is 2. The highest BCUT2D eigenvalue weighted by atomic mass is 19.1. The zero-order chi connectivity index (χ0) is 31.2. The second-order valence-electron chi connectivity index (χ2n) is 11.4.